The first-order chi connectivity index (χ1) is 13.2. The molecule has 0 aliphatic rings. The molecule has 2 aromatic carbocycles. The van der Waals surface area contributed by atoms with Gasteiger partial charge in [0.05, 0.1) is 16.8 Å². The normalized spacial score (nSPS) is 11.5. The van der Waals surface area contributed by atoms with Crippen LogP contribution in [0.2, 0.25) is 0 Å². The van der Waals surface area contributed by atoms with Crippen molar-refractivity contribution in [2.75, 3.05) is 10.0 Å². The monoisotopic (exact) mass is 395 g/mol. The molecular formula is C22H25N3O2S. The molecule has 1 aromatic heterocycles. The van der Waals surface area contributed by atoms with Crippen molar-refractivity contribution in [3.8, 4) is 0 Å². The van der Waals surface area contributed by atoms with Crippen LogP contribution < -0.4 is 10.0 Å². The summed E-state index contributed by atoms with van der Waals surface area (Å²) in [7, 11) is -3.65. The predicted molar refractivity (Wildman–Crippen MR) is 115 cm³/mol. The van der Waals surface area contributed by atoms with Crippen LogP contribution in [0, 0.1) is 13.8 Å². The standard InChI is InChI=1S/C22H25N3O2S/c1-15(2)18-6-9-20(10-7-18)28(26,27)25-19-8-12-22(23-14-19)24-21-11-5-16(3)13-17(21)4/h5-15,25H,1-4H3,(H,23,24). The summed E-state index contributed by atoms with van der Waals surface area (Å²) in [5.41, 5.74) is 4.80. The zero-order chi connectivity index (χ0) is 20.3. The maximum absolute atomic E-state index is 12.6. The maximum atomic E-state index is 12.6. The Morgan fingerprint density at radius 2 is 1.64 bits per heavy atom. The molecule has 6 heteroatoms. The van der Waals surface area contributed by atoms with Crippen molar-refractivity contribution < 1.29 is 8.42 Å². The molecule has 0 saturated heterocycles. The Morgan fingerprint density at radius 1 is 0.929 bits per heavy atom. The second-order valence-electron chi connectivity index (χ2n) is 7.20. The molecule has 0 spiro atoms. The molecule has 0 bridgehead atoms. The number of nitrogens with zero attached hydrogens (tertiary/aromatic N) is 1. The fourth-order valence-corrected chi connectivity index (χ4v) is 3.91. The topological polar surface area (TPSA) is 71.1 Å². The Kier molecular flexibility index (Phi) is 5.70. The van der Waals surface area contributed by atoms with Crippen molar-refractivity contribution in [2.24, 2.45) is 0 Å². The van der Waals surface area contributed by atoms with Crippen LogP contribution in [-0.4, -0.2) is 13.4 Å². The minimum absolute atomic E-state index is 0.231. The molecule has 0 amide bonds. The van der Waals surface area contributed by atoms with Gasteiger partial charge in [-0.25, -0.2) is 13.4 Å². The van der Waals surface area contributed by atoms with E-state index in [1.54, 1.807) is 24.3 Å². The number of hydrogen-bond donors (Lipinski definition) is 2. The minimum atomic E-state index is -3.65. The number of pyridine rings is 1. The van der Waals surface area contributed by atoms with Gasteiger partial charge in [0.2, 0.25) is 0 Å². The maximum Gasteiger partial charge on any atom is 0.261 e. The Bertz CT molecular complexity index is 1060. The first-order valence-corrected chi connectivity index (χ1v) is 10.7. The van der Waals surface area contributed by atoms with E-state index < -0.39 is 10.0 Å². The lowest BCUT2D eigenvalue weighted by Crippen LogP contribution is -2.13. The molecule has 28 heavy (non-hydrogen) atoms. The second-order valence-corrected chi connectivity index (χ2v) is 8.89. The summed E-state index contributed by atoms with van der Waals surface area (Å²) < 4.78 is 27.7. The number of aromatic nitrogens is 1. The fourth-order valence-electron chi connectivity index (χ4n) is 2.87. The molecule has 3 aromatic rings. The van der Waals surface area contributed by atoms with Gasteiger partial charge in [0.25, 0.3) is 10.0 Å². The van der Waals surface area contributed by atoms with Crippen LogP contribution in [0.4, 0.5) is 17.2 Å². The first kappa shape index (κ1) is 19.9. The highest BCUT2D eigenvalue weighted by molar-refractivity contribution is 7.92. The van der Waals surface area contributed by atoms with E-state index in [1.807, 2.05) is 38.1 Å². The number of nitrogens with one attached hydrogen (secondary N) is 2. The van der Waals surface area contributed by atoms with Gasteiger partial charge < -0.3 is 5.32 Å². The molecule has 3 rings (SSSR count). The summed E-state index contributed by atoms with van der Waals surface area (Å²) in [5.74, 6) is 1.00. The number of anilines is 3. The number of aryl methyl sites for hydroxylation is 2. The predicted octanol–water partition coefficient (Wildman–Crippen LogP) is 5.37. The van der Waals surface area contributed by atoms with Crippen LogP contribution >= 0.6 is 0 Å². The van der Waals surface area contributed by atoms with E-state index in [9.17, 15) is 8.42 Å². The zero-order valence-electron chi connectivity index (χ0n) is 16.5. The minimum Gasteiger partial charge on any atom is -0.340 e. The highest BCUT2D eigenvalue weighted by Gasteiger charge is 2.14. The molecule has 0 fully saturated rings. The molecule has 0 saturated carbocycles. The number of benzene rings is 2. The van der Waals surface area contributed by atoms with Crippen LogP contribution in [0.1, 0.15) is 36.5 Å². The largest absolute Gasteiger partial charge is 0.340 e. The van der Waals surface area contributed by atoms with Crippen molar-refractivity contribution in [1.29, 1.82) is 0 Å². The summed E-state index contributed by atoms with van der Waals surface area (Å²) >= 11 is 0. The second kappa shape index (κ2) is 8.02. The van der Waals surface area contributed by atoms with Crippen LogP contribution in [0.5, 0.6) is 0 Å². The summed E-state index contributed by atoms with van der Waals surface area (Å²) in [4.78, 5) is 4.55. The third-order valence-electron chi connectivity index (χ3n) is 4.52. The lowest BCUT2D eigenvalue weighted by molar-refractivity contribution is 0.601. The Hall–Kier alpha value is -2.86. The van der Waals surface area contributed by atoms with Crippen molar-refractivity contribution in [1.82, 2.24) is 4.98 Å². The molecule has 0 unspecified atom stereocenters. The summed E-state index contributed by atoms with van der Waals surface area (Å²) in [5, 5.41) is 3.25. The average molecular weight is 396 g/mol. The summed E-state index contributed by atoms with van der Waals surface area (Å²) in [6, 6.07) is 16.5. The third kappa shape index (κ3) is 4.70. The highest BCUT2D eigenvalue weighted by Crippen LogP contribution is 2.23. The van der Waals surface area contributed by atoms with Gasteiger partial charge in [-0.15, -0.1) is 0 Å². The number of hydrogen-bond acceptors (Lipinski definition) is 4. The van der Waals surface area contributed by atoms with E-state index in [0.29, 0.717) is 17.4 Å². The Labute approximate surface area is 166 Å². The molecular weight excluding hydrogens is 370 g/mol. The zero-order valence-corrected chi connectivity index (χ0v) is 17.3. The lowest BCUT2D eigenvalue weighted by Gasteiger charge is -2.12. The number of rotatable bonds is 6. The first-order valence-electron chi connectivity index (χ1n) is 9.18. The van der Waals surface area contributed by atoms with Gasteiger partial charge in [-0.1, -0.05) is 43.7 Å². The van der Waals surface area contributed by atoms with E-state index in [1.165, 1.54) is 11.8 Å². The van der Waals surface area contributed by atoms with Crippen LogP contribution in [0.25, 0.3) is 0 Å². The van der Waals surface area contributed by atoms with Crippen molar-refractivity contribution >= 4 is 27.2 Å². The van der Waals surface area contributed by atoms with E-state index in [-0.39, 0.29) is 4.90 Å². The van der Waals surface area contributed by atoms with Crippen molar-refractivity contribution in [3.05, 3.63) is 77.5 Å². The van der Waals surface area contributed by atoms with E-state index >= 15 is 0 Å². The molecule has 0 radical (unpaired) electrons. The van der Waals surface area contributed by atoms with Gasteiger partial charge in [0.15, 0.2) is 0 Å². The van der Waals surface area contributed by atoms with E-state index in [2.05, 4.69) is 34.9 Å². The summed E-state index contributed by atoms with van der Waals surface area (Å²) in [6.07, 6.45) is 1.51. The van der Waals surface area contributed by atoms with Gasteiger partial charge in [-0.3, -0.25) is 4.72 Å². The van der Waals surface area contributed by atoms with Gasteiger partial charge >= 0.3 is 0 Å². The molecule has 1 heterocycles. The van der Waals surface area contributed by atoms with Gasteiger partial charge in [0, 0.05) is 5.69 Å². The van der Waals surface area contributed by atoms with E-state index in [0.717, 1.165) is 16.8 Å². The van der Waals surface area contributed by atoms with E-state index in [4.69, 9.17) is 0 Å². The van der Waals surface area contributed by atoms with Gasteiger partial charge in [-0.05, 0) is 61.2 Å². The molecule has 146 valence electrons. The Morgan fingerprint density at radius 3 is 2.21 bits per heavy atom. The summed E-state index contributed by atoms with van der Waals surface area (Å²) in [6.45, 7) is 8.22. The SMILES string of the molecule is Cc1ccc(Nc2ccc(NS(=O)(=O)c3ccc(C(C)C)cc3)cn2)c(C)c1. The molecule has 2 N–H and O–H groups in total. The molecule has 0 aliphatic carbocycles. The molecule has 0 aliphatic heterocycles. The average Bonchev–Trinajstić information content (AvgIpc) is 2.65. The fraction of sp³-hybridized carbons (Fsp3) is 0.227. The van der Waals surface area contributed by atoms with Crippen LogP contribution in [0.15, 0.2) is 65.7 Å². The smallest absolute Gasteiger partial charge is 0.261 e. The van der Waals surface area contributed by atoms with Crippen molar-refractivity contribution in [3.63, 3.8) is 0 Å². The number of sulfonamides is 1. The van der Waals surface area contributed by atoms with Crippen LogP contribution in [-0.2, 0) is 10.0 Å². The van der Waals surface area contributed by atoms with Crippen LogP contribution in [0.3, 0.4) is 0 Å². The lowest BCUT2D eigenvalue weighted by atomic mass is 10.0. The van der Waals surface area contributed by atoms with Crippen molar-refractivity contribution in [2.45, 2.75) is 38.5 Å². The Balaban J connectivity index is 1.72. The third-order valence-corrected chi connectivity index (χ3v) is 5.91. The highest BCUT2D eigenvalue weighted by atomic mass is 32.2. The molecule has 0 atom stereocenters. The quantitative estimate of drug-likeness (QED) is 0.589. The molecule has 5 nitrogen and oxygen atoms in total. The van der Waals surface area contributed by atoms with Gasteiger partial charge in [-0.2, -0.15) is 0 Å². The van der Waals surface area contributed by atoms with Gasteiger partial charge in [0.1, 0.15) is 5.82 Å².